The van der Waals surface area contributed by atoms with Crippen LogP contribution < -0.4 is 0 Å². The molecule has 0 saturated heterocycles. The van der Waals surface area contributed by atoms with Gasteiger partial charge < -0.3 is 9.84 Å². The molecule has 0 heterocycles. The van der Waals surface area contributed by atoms with Gasteiger partial charge in [-0.15, -0.1) is 0 Å². The molecule has 106 valence electrons. The predicted octanol–water partition coefficient (Wildman–Crippen LogP) is -0.0781. The van der Waals surface area contributed by atoms with Crippen molar-refractivity contribution in [3.63, 3.8) is 0 Å². The minimum absolute atomic E-state index is 0.103. The maximum absolute atomic E-state index is 11.8. The summed E-state index contributed by atoms with van der Waals surface area (Å²) in [5.41, 5.74) is 0. The Morgan fingerprint density at radius 3 is 2.28 bits per heavy atom. The van der Waals surface area contributed by atoms with Crippen LogP contribution in [0.5, 0.6) is 0 Å². The highest BCUT2D eigenvalue weighted by molar-refractivity contribution is 7.89. The third-order valence-corrected chi connectivity index (χ3v) is 4.05. The lowest BCUT2D eigenvalue weighted by Crippen LogP contribution is -2.40. The van der Waals surface area contributed by atoms with Crippen molar-refractivity contribution >= 4 is 22.0 Å². The van der Waals surface area contributed by atoms with Gasteiger partial charge in [0.2, 0.25) is 10.0 Å². The molecule has 0 spiro atoms. The van der Waals surface area contributed by atoms with Crippen LogP contribution in [0.4, 0.5) is 0 Å². The summed E-state index contributed by atoms with van der Waals surface area (Å²) in [7, 11) is -3.83. The number of esters is 1. The maximum atomic E-state index is 11.8. The number of hydrogen-bond acceptors (Lipinski definition) is 5. The number of sulfonamides is 1. The Morgan fingerprint density at radius 2 is 1.89 bits per heavy atom. The minimum Gasteiger partial charge on any atom is -0.481 e. The molecule has 7 nitrogen and oxygen atoms in total. The monoisotopic (exact) mass is 281 g/mol. The van der Waals surface area contributed by atoms with Crippen LogP contribution in [0.1, 0.15) is 20.8 Å². The molecule has 0 rings (SSSR count). The molecule has 0 radical (unpaired) electrons. The van der Waals surface area contributed by atoms with E-state index >= 15 is 0 Å². The Balaban J connectivity index is 4.72. The van der Waals surface area contributed by atoms with Gasteiger partial charge in [0, 0.05) is 13.1 Å². The minimum atomic E-state index is -3.83. The normalized spacial score (nSPS) is 13.3. The molecule has 0 saturated carbocycles. The first-order valence-electron chi connectivity index (χ1n) is 5.60. The lowest BCUT2D eigenvalue weighted by molar-refractivity contribution is -0.141. The molecule has 0 amide bonds. The van der Waals surface area contributed by atoms with Crippen molar-refractivity contribution in [1.29, 1.82) is 0 Å². The summed E-state index contributed by atoms with van der Waals surface area (Å²) in [6.07, 6.45) is 0. The van der Waals surface area contributed by atoms with Crippen molar-refractivity contribution in [2.24, 2.45) is 5.92 Å². The summed E-state index contributed by atoms with van der Waals surface area (Å²) >= 11 is 0. The lowest BCUT2D eigenvalue weighted by atomic mass is 10.2. The summed E-state index contributed by atoms with van der Waals surface area (Å²) in [5.74, 6) is -3.51. The van der Waals surface area contributed by atoms with Gasteiger partial charge in [-0.25, -0.2) is 12.7 Å². The van der Waals surface area contributed by atoms with Gasteiger partial charge in [0.25, 0.3) is 0 Å². The van der Waals surface area contributed by atoms with Crippen LogP contribution in [0.3, 0.4) is 0 Å². The fourth-order valence-corrected chi connectivity index (χ4v) is 2.67. The van der Waals surface area contributed by atoms with Crippen molar-refractivity contribution in [2.75, 3.05) is 25.4 Å². The number of aliphatic carboxylic acids is 1. The number of ether oxygens (including phenoxy) is 1. The Morgan fingerprint density at radius 1 is 1.33 bits per heavy atom. The second-order valence-corrected chi connectivity index (χ2v) is 5.72. The van der Waals surface area contributed by atoms with Crippen LogP contribution in [0.15, 0.2) is 0 Å². The van der Waals surface area contributed by atoms with Crippen molar-refractivity contribution in [3.8, 4) is 0 Å². The number of carboxylic acids is 1. The molecule has 0 aromatic carbocycles. The zero-order valence-corrected chi connectivity index (χ0v) is 11.6. The molecule has 0 aliphatic carbocycles. The smallest absolute Gasteiger partial charge is 0.322 e. The molecule has 1 atom stereocenters. The third kappa shape index (κ3) is 5.46. The van der Waals surface area contributed by atoms with Crippen LogP contribution in [0, 0.1) is 5.92 Å². The maximum Gasteiger partial charge on any atom is 0.322 e. The average Bonchev–Trinajstić information content (AvgIpc) is 2.24. The highest BCUT2D eigenvalue weighted by Crippen LogP contribution is 2.07. The molecule has 18 heavy (non-hydrogen) atoms. The van der Waals surface area contributed by atoms with Crippen LogP contribution in [-0.4, -0.2) is 55.2 Å². The Bertz CT molecular complexity index is 391. The molecular formula is C10H19NO6S. The van der Waals surface area contributed by atoms with E-state index in [4.69, 9.17) is 5.11 Å². The summed E-state index contributed by atoms with van der Waals surface area (Å²) in [4.78, 5) is 21.8. The molecule has 0 aliphatic heterocycles. The van der Waals surface area contributed by atoms with Crippen LogP contribution in [0.2, 0.25) is 0 Å². The molecule has 0 bridgehead atoms. The van der Waals surface area contributed by atoms with Gasteiger partial charge >= 0.3 is 11.9 Å². The van der Waals surface area contributed by atoms with Gasteiger partial charge in [-0.2, -0.15) is 0 Å². The molecule has 0 fully saturated rings. The van der Waals surface area contributed by atoms with E-state index < -0.39 is 33.6 Å². The van der Waals surface area contributed by atoms with Crippen LogP contribution >= 0.6 is 0 Å². The second kappa shape index (κ2) is 7.32. The number of carbonyl (C=O) groups excluding carboxylic acids is 1. The van der Waals surface area contributed by atoms with E-state index in [9.17, 15) is 18.0 Å². The fourth-order valence-electron chi connectivity index (χ4n) is 1.27. The number of nitrogens with zero attached hydrogens (tertiary/aromatic N) is 1. The van der Waals surface area contributed by atoms with Crippen molar-refractivity contribution in [1.82, 2.24) is 4.31 Å². The number of carbonyl (C=O) groups is 2. The van der Waals surface area contributed by atoms with Gasteiger partial charge in [0.05, 0.1) is 12.5 Å². The fraction of sp³-hybridized carbons (Fsp3) is 0.800. The number of rotatable bonds is 8. The first kappa shape index (κ1) is 16.9. The van der Waals surface area contributed by atoms with E-state index in [1.807, 2.05) is 0 Å². The van der Waals surface area contributed by atoms with Crippen molar-refractivity contribution < 1.29 is 27.9 Å². The lowest BCUT2D eigenvalue weighted by Gasteiger charge is -2.21. The van der Waals surface area contributed by atoms with Gasteiger partial charge in [-0.1, -0.05) is 13.8 Å². The molecule has 0 aromatic rings. The molecule has 1 unspecified atom stereocenters. The van der Waals surface area contributed by atoms with E-state index in [0.717, 1.165) is 4.31 Å². The largest absolute Gasteiger partial charge is 0.481 e. The topological polar surface area (TPSA) is 101 Å². The van der Waals surface area contributed by atoms with Crippen LogP contribution in [-0.2, 0) is 24.3 Å². The second-order valence-electron chi connectivity index (χ2n) is 3.75. The van der Waals surface area contributed by atoms with E-state index in [0.29, 0.717) is 0 Å². The molecule has 0 aromatic heterocycles. The average molecular weight is 281 g/mol. The summed E-state index contributed by atoms with van der Waals surface area (Å²) in [6, 6.07) is 0. The van der Waals surface area contributed by atoms with Crippen molar-refractivity contribution in [2.45, 2.75) is 20.8 Å². The Hall–Kier alpha value is -1.15. The predicted molar refractivity (Wildman–Crippen MR) is 64.5 cm³/mol. The quantitative estimate of drug-likeness (QED) is 0.625. The molecule has 8 heteroatoms. The standard InChI is InChI=1S/C10H19NO6S/c1-4-11(6-8(3)10(13)14)18(15,16)7-9(12)17-5-2/h8H,4-7H2,1-3H3,(H,13,14). The van der Waals surface area contributed by atoms with Crippen molar-refractivity contribution in [3.05, 3.63) is 0 Å². The third-order valence-electron chi connectivity index (χ3n) is 2.25. The van der Waals surface area contributed by atoms with Gasteiger partial charge in [0.1, 0.15) is 0 Å². The zero-order valence-electron chi connectivity index (χ0n) is 10.7. The highest BCUT2D eigenvalue weighted by Gasteiger charge is 2.27. The van der Waals surface area contributed by atoms with Crippen LogP contribution in [0.25, 0.3) is 0 Å². The molecule has 1 N–H and O–H groups in total. The van der Waals surface area contributed by atoms with E-state index in [2.05, 4.69) is 4.74 Å². The van der Waals surface area contributed by atoms with E-state index in [-0.39, 0.29) is 19.7 Å². The SMILES string of the molecule is CCOC(=O)CS(=O)(=O)N(CC)CC(C)C(=O)O. The van der Waals surface area contributed by atoms with Gasteiger partial charge in [0.15, 0.2) is 5.75 Å². The molecule has 0 aliphatic rings. The van der Waals surface area contributed by atoms with Gasteiger partial charge in [-0.05, 0) is 6.92 Å². The zero-order chi connectivity index (χ0) is 14.3. The Kier molecular flexibility index (Phi) is 6.85. The van der Waals surface area contributed by atoms with Gasteiger partial charge in [-0.3, -0.25) is 9.59 Å². The number of hydrogen-bond donors (Lipinski definition) is 1. The van der Waals surface area contributed by atoms with E-state index in [1.165, 1.54) is 6.92 Å². The van der Waals surface area contributed by atoms with E-state index in [1.54, 1.807) is 13.8 Å². The first-order valence-corrected chi connectivity index (χ1v) is 7.21. The summed E-state index contributed by atoms with van der Waals surface area (Å²) in [5, 5.41) is 8.75. The Labute approximate surface area is 107 Å². The first-order chi connectivity index (χ1) is 8.24. The highest BCUT2D eigenvalue weighted by atomic mass is 32.2. The molecular weight excluding hydrogens is 262 g/mol. The number of carboxylic acid groups (broad SMARTS) is 1. The summed E-state index contributed by atoms with van der Waals surface area (Å²) in [6.45, 7) is 4.62. The summed E-state index contributed by atoms with van der Waals surface area (Å²) < 4.78 is 29.2.